The van der Waals surface area contributed by atoms with Crippen LogP contribution in [-0.2, 0) is 0 Å². The van der Waals surface area contributed by atoms with Crippen LogP contribution in [0.2, 0.25) is 0 Å². The van der Waals surface area contributed by atoms with Crippen LogP contribution >= 0.6 is 0 Å². The number of halogens is 1. The number of hydrogen-bond acceptors (Lipinski definition) is 3. The van der Waals surface area contributed by atoms with Gasteiger partial charge in [-0.15, -0.1) is 0 Å². The van der Waals surface area contributed by atoms with Gasteiger partial charge in [0.15, 0.2) is 0 Å². The van der Waals surface area contributed by atoms with Crippen molar-refractivity contribution in [3.05, 3.63) is 89.0 Å². The summed E-state index contributed by atoms with van der Waals surface area (Å²) in [6, 6.07) is 15.7. The molecule has 4 heteroatoms. The van der Waals surface area contributed by atoms with Gasteiger partial charge in [0.25, 0.3) is 0 Å². The summed E-state index contributed by atoms with van der Waals surface area (Å²) in [6.45, 7) is 1.95. The molecule has 3 nitrogen and oxygen atoms in total. The second kappa shape index (κ2) is 7.20. The van der Waals surface area contributed by atoms with Crippen molar-refractivity contribution in [3.63, 3.8) is 0 Å². The second-order valence-electron chi connectivity index (χ2n) is 5.65. The molecule has 0 aliphatic heterocycles. The van der Waals surface area contributed by atoms with Gasteiger partial charge in [-0.3, -0.25) is 0 Å². The number of hydrogen-bond donors (Lipinski definition) is 3. The molecule has 0 fully saturated rings. The highest BCUT2D eigenvalue weighted by atomic mass is 35.5. The lowest BCUT2D eigenvalue weighted by molar-refractivity contribution is -0.00000483. The van der Waals surface area contributed by atoms with Crippen LogP contribution in [0.15, 0.2) is 77.9 Å². The molecule has 3 rings (SSSR count). The van der Waals surface area contributed by atoms with Crippen LogP contribution in [0.5, 0.6) is 0 Å². The van der Waals surface area contributed by atoms with Crippen molar-refractivity contribution >= 4 is 22.7 Å². The summed E-state index contributed by atoms with van der Waals surface area (Å²) in [7, 11) is 0. The minimum Gasteiger partial charge on any atom is -1.00 e. The van der Waals surface area contributed by atoms with Crippen LogP contribution in [0.4, 0.5) is 11.4 Å². The van der Waals surface area contributed by atoms with Crippen LogP contribution in [0.25, 0.3) is 5.57 Å². The predicted octanol–water partition coefficient (Wildman–Crippen LogP) is 1.19. The van der Waals surface area contributed by atoms with E-state index in [0.29, 0.717) is 5.71 Å². The van der Waals surface area contributed by atoms with Gasteiger partial charge in [-0.1, -0.05) is 30.3 Å². The maximum absolute atomic E-state index is 7.88. The Labute approximate surface area is 148 Å². The fourth-order valence-corrected chi connectivity index (χ4v) is 2.62. The van der Waals surface area contributed by atoms with E-state index in [1.165, 1.54) is 0 Å². The SMILES string of the molecule is CC1=CC(=C(c2ccc(N)cc2)c2ccc(N)cc2)C=CC1=N.[Cl-]. The van der Waals surface area contributed by atoms with E-state index in [1.807, 2.05) is 73.7 Å². The molecule has 0 atom stereocenters. The van der Waals surface area contributed by atoms with Gasteiger partial charge in [0.2, 0.25) is 0 Å². The first-order chi connectivity index (χ1) is 11.0. The van der Waals surface area contributed by atoms with E-state index < -0.39 is 0 Å². The quantitative estimate of drug-likeness (QED) is 0.721. The Balaban J connectivity index is 0.00000208. The molecule has 122 valence electrons. The van der Waals surface area contributed by atoms with E-state index in [-0.39, 0.29) is 12.4 Å². The predicted molar refractivity (Wildman–Crippen MR) is 98.4 cm³/mol. The van der Waals surface area contributed by atoms with Crippen molar-refractivity contribution in [2.75, 3.05) is 11.5 Å². The summed E-state index contributed by atoms with van der Waals surface area (Å²) < 4.78 is 0. The molecular formula is C20H19ClN3-. The smallest absolute Gasteiger partial charge is 0.0569 e. The monoisotopic (exact) mass is 336 g/mol. The number of rotatable bonds is 2. The number of nitrogen functional groups attached to an aromatic ring is 2. The summed E-state index contributed by atoms with van der Waals surface area (Å²) in [5.41, 5.74) is 19.0. The van der Waals surface area contributed by atoms with Gasteiger partial charge in [-0.05, 0) is 71.2 Å². The van der Waals surface area contributed by atoms with E-state index in [4.69, 9.17) is 16.9 Å². The zero-order valence-corrected chi connectivity index (χ0v) is 14.1. The van der Waals surface area contributed by atoms with Crippen LogP contribution in [0, 0.1) is 5.41 Å². The van der Waals surface area contributed by atoms with Crippen molar-refractivity contribution < 1.29 is 12.4 Å². The van der Waals surface area contributed by atoms with E-state index >= 15 is 0 Å². The Morgan fingerprint density at radius 2 is 1.25 bits per heavy atom. The first kappa shape index (κ1) is 17.6. The van der Waals surface area contributed by atoms with E-state index in [2.05, 4.69) is 0 Å². The van der Waals surface area contributed by atoms with Crippen molar-refractivity contribution in [1.82, 2.24) is 0 Å². The van der Waals surface area contributed by atoms with E-state index in [1.54, 1.807) is 0 Å². The minimum atomic E-state index is 0. The maximum Gasteiger partial charge on any atom is 0.0569 e. The maximum atomic E-state index is 7.88. The van der Waals surface area contributed by atoms with Gasteiger partial charge >= 0.3 is 0 Å². The summed E-state index contributed by atoms with van der Waals surface area (Å²) in [6.07, 6.45) is 5.86. The molecule has 0 saturated carbocycles. The highest BCUT2D eigenvalue weighted by Gasteiger charge is 2.12. The summed E-state index contributed by atoms with van der Waals surface area (Å²) in [5, 5.41) is 7.88. The lowest BCUT2D eigenvalue weighted by Crippen LogP contribution is -3.00. The second-order valence-corrected chi connectivity index (χ2v) is 5.65. The molecule has 0 radical (unpaired) electrons. The lowest BCUT2D eigenvalue weighted by atomic mass is 9.89. The summed E-state index contributed by atoms with van der Waals surface area (Å²) >= 11 is 0. The Morgan fingerprint density at radius 1 is 0.792 bits per heavy atom. The molecule has 0 saturated heterocycles. The van der Waals surface area contributed by atoms with Crippen LogP contribution in [-0.4, -0.2) is 5.71 Å². The molecule has 0 bridgehead atoms. The molecule has 0 amide bonds. The Kier molecular flexibility index (Phi) is 5.27. The van der Waals surface area contributed by atoms with Crippen molar-refractivity contribution in [3.8, 4) is 0 Å². The molecular weight excluding hydrogens is 318 g/mol. The van der Waals surface area contributed by atoms with Crippen LogP contribution < -0.4 is 23.9 Å². The fraction of sp³-hybridized carbons (Fsp3) is 0.0500. The van der Waals surface area contributed by atoms with Crippen molar-refractivity contribution in [2.24, 2.45) is 0 Å². The lowest BCUT2D eigenvalue weighted by Gasteiger charge is -2.16. The molecule has 2 aromatic rings. The molecule has 0 spiro atoms. The third-order valence-electron chi connectivity index (χ3n) is 3.91. The van der Waals surface area contributed by atoms with Gasteiger partial charge in [-0.25, -0.2) is 0 Å². The first-order valence-electron chi connectivity index (χ1n) is 7.46. The third-order valence-corrected chi connectivity index (χ3v) is 3.91. The Hall–Kier alpha value is -2.78. The van der Waals surface area contributed by atoms with Gasteiger partial charge in [0.05, 0.1) is 5.71 Å². The Bertz CT molecular complexity index is 794. The first-order valence-corrected chi connectivity index (χ1v) is 7.46. The largest absolute Gasteiger partial charge is 1.00 e. The van der Waals surface area contributed by atoms with Crippen molar-refractivity contribution in [2.45, 2.75) is 6.92 Å². The number of nitrogens with one attached hydrogen (secondary N) is 1. The van der Waals surface area contributed by atoms with Crippen LogP contribution in [0.3, 0.4) is 0 Å². The van der Waals surface area contributed by atoms with Gasteiger partial charge < -0.3 is 29.3 Å². The zero-order chi connectivity index (χ0) is 16.4. The molecule has 2 aromatic carbocycles. The van der Waals surface area contributed by atoms with Crippen molar-refractivity contribution in [1.29, 1.82) is 5.41 Å². The highest BCUT2D eigenvalue weighted by Crippen LogP contribution is 2.31. The minimum absolute atomic E-state index is 0. The van der Waals surface area contributed by atoms with Gasteiger partial charge in [0, 0.05) is 11.4 Å². The summed E-state index contributed by atoms with van der Waals surface area (Å²) in [5.74, 6) is 0. The highest BCUT2D eigenvalue weighted by molar-refractivity contribution is 6.08. The average molecular weight is 337 g/mol. The third kappa shape index (κ3) is 3.58. The van der Waals surface area contributed by atoms with Gasteiger partial charge in [0.1, 0.15) is 0 Å². The molecule has 0 unspecified atom stereocenters. The molecule has 1 aliphatic carbocycles. The van der Waals surface area contributed by atoms with Gasteiger partial charge in [-0.2, -0.15) is 0 Å². The number of anilines is 2. The van der Waals surface area contributed by atoms with Crippen LogP contribution in [0.1, 0.15) is 18.1 Å². The topological polar surface area (TPSA) is 75.9 Å². The average Bonchev–Trinajstić information content (AvgIpc) is 2.55. The standard InChI is InChI=1S/C20H19N3.ClH/c1-13-12-16(6-11-19(13)23)20(14-2-7-17(21)8-3-14)15-4-9-18(22)10-5-15;/h2-12,23H,21-22H2,1H3;1H/p-1. The number of allylic oxidation sites excluding steroid dienone is 5. The number of nitrogens with two attached hydrogens (primary N) is 2. The van der Waals surface area contributed by atoms with E-state index in [9.17, 15) is 0 Å². The number of benzene rings is 2. The normalized spacial score (nSPS) is 13.3. The molecule has 1 aliphatic rings. The molecule has 5 N–H and O–H groups in total. The fourth-order valence-electron chi connectivity index (χ4n) is 2.62. The summed E-state index contributed by atoms with van der Waals surface area (Å²) in [4.78, 5) is 0. The van der Waals surface area contributed by atoms with E-state index in [0.717, 1.165) is 39.2 Å². The molecule has 24 heavy (non-hydrogen) atoms. The molecule has 0 aromatic heterocycles. The molecule has 0 heterocycles. The Morgan fingerprint density at radius 3 is 1.67 bits per heavy atom. The zero-order valence-electron chi connectivity index (χ0n) is 13.4.